The first kappa shape index (κ1) is 13.6. The van der Waals surface area contributed by atoms with Gasteiger partial charge in [-0.2, -0.15) is 0 Å². The van der Waals surface area contributed by atoms with E-state index in [-0.39, 0.29) is 0 Å². The Morgan fingerprint density at radius 3 is 3.05 bits per heavy atom. The van der Waals surface area contributed by atoms with Crippen LogP contribution in [0.5, 0.6) is 0 Å². The molecule has 0 aliphatic rings. The average Bonchev–Trinajstić information content (AvgIpc) is 2.95. The molecule has 1 aromatic heterocycles. The van der Waals surface area contributed by atoms with Crippen LogP contribution in [0.15, 0.2) is 36.8 Å². The zero-order valence-electron chi connectivity index (χ0n) is 11.1. The molecule has 2 aromatic rings. The topological polar surface area (TPSA) is 59.2 Å². The molecule has 19 heavy (non-hydrogen) atoms. The molecule has 0 fully saturated rings. The summed E-state index contributed by atoms with van der Waals surface area (Å²) in [4.78, 5) is 7.04. The van der Waals surface area contributed by atoms with E-state index in [0.29, 0.717) is 19.8 Å². The van der Waals surface area contributed by atoms with Crippen molar-refractivity contribution in [3.63, 3.8) is 0 Å². The second-order valence-electron chi connectivity index (χ2n) is 4.18. The Labute approximate surface area is 113 Å². The first-order chi connectivity index (χ1) is 9.38. The predicted molar refractivity (Wildman–Crippen MR) is 73.9 cm³/mol. The number of benzene rings is 1. The van der Waals surface area contributed by atoms with Crippen LogP contribution < -0.4 is 5.32 Å². The van der Waals surface area contributed by atoms with Crippen LogP contribution in [0, 0.1) is 0 Å². The van der Waals surface area contributed by atoms with Crippen LogP contribution in [0.4, 0.5) is 5.69 Å². The normalized spacial score (nSPS) is 10.6. The van der Waals surface area contributed by atoms with E-state index in [9.17, 15) is 0 Å². The highest BCUT2D eigenvalue weighted by molar-refractivity contribution is 5.45. The van der Waals surface area contributed by atoms with E-state index in [2.05, 4.69) is 21.4 Å². The Kier molecular flexibility index (Phi) is 5.40. The SMILES string of the molecule is COCCOCc1cccc(NCc2cnc[nH]2)c1. The third-order valence-corrected chi connectivity index (χ3v) is 2.67. The number of methoxy groups -OCH3 is 1. The smallest absolute Gasteiger partial charge is 0.0922 e. The number of rotatable bonds is 8. The van der Waals surface area contributed by atoms with Crippen LogP contribution in [-0.2, 0) is 22.6 Å². The third kappa shape index (κ3) is 4.73. The van der Waals surface area contributed by atoms with Gasteiger partial charge in [-0.1, -0.05) is 12.1 Å². The second-order valence-corrected chi connectivity index (χ2v) is 4.18. The monoisotopic (exact) mass is 261 g/mol. The maximum Gasteiger partial charge on any atom is 0.0922 e. The molecule has 0 atom stereocenters. The van der Waals surface area contributed by atoms with Gasteiger partial charge in [0.15, 0.2) is 0 Å². The van der Waals surface area contributed by atoms with Crippen molar-refractivity contribution < 1.29 is 9.47 Å². The van der Waals surface area contributed by atoms with E-state index in [1.54, 1.807) is 13.4 Å². The van der Waals surface area contributed by atoms with Gasteiger partial charge < -0.3 is 19.8 Å². The van der Waals surface area contributed by atoms with Gasteiger partial charge in [-0.3, -0.25) is 0 Å². The van der Waals surface area contributed by atoms with E-state index in [4.69, 9.17) is 9.47 Å². The Bertz CT molecular complexity index is 471. The largest absolute Gasteiger partial charge is 0.382 e. The standard InChI is InChI=1S/C14H19N3O2/c1-18-5-6-19-10-12-3-2-4-13(7-12)16-9-14-8-15-11-17-14/h2-4,7-8,11,16H,5-6,9-10H2,1H3,(H,15,17). The number of ether oxygens (including phenoxy) is 2. The molecule has 5 heteroatoms. The number of H-pyrrole nitrogens is 1. The van der Waals surface area contributed by atoms with Crippen molar-refractivity contribution in [3.8, 4) is 0 Å². The Morgan fingerprint density at radius 1 is 1.32 bits per heavy atom. The lowest BCUT2D eigenvalue weighted by Gasteiger charge is -2.08. The summed E-state index contributed by atoms with van der Waals surface area (Å²) in [6.07, 6.45) is 3.49. The maximum atomic E-state index is 5.50. The summed E-state index contributed by atoms with van der Waals surface area (Å²) in [5.41, 5.74) is 3.27. The fourth-order valence-corrected chi connectivity index (χ4v) is 1.68. The number of anilines is 1. The highest BCUT2D eigenvalue weighted by Gasteiger charge is 1.98. The van der Waals surface area contributed by atoms with Crippen LogP contribution >= 0.6 is 0 Å². The van der Waals surface area contributed by atoms with Crippen molar-refractivity contribution in [3.05, 3.63) is 48.0 Å². The van der Waals surface area contributed by atoms with Gasteiger partial charge in [0.25, 0.3) is 0 Å². The van der Waals surface area contributed by atoms with Crippen LogP contribution in [-0.4, -0.2) is 30.3 Å². The summed E-state index contributed by atoms with van der Waals surface area (Å²) in [5.74, 6) is 0. The summed E-state index contributed by atoms with van der Waals surface area (Å²) in [7, 11) is 1.67. The zero-order chi connectivity index (χ0) is 13.3. The molecule has 0 bridgehead atoms. The number of aromatic nitrogens is 2. The van der Waals surface area contributed by atoms with E-state index in [0.717, 1.165) is 23.5 Å². The lowest BCUT2D eigenvalue weighted by Crippen LogP contribution is -2.03. The van der Waals surface area contributed by atoms with Crippen molar-refractivity contribution in [1.82, 2.24) is 9.97 Å². The molecule has 0 saturated heterocycles. The average molecular weight is 261 g/mol. The summed E-state index contributed by atoms with van der Waals surface area (Å²) in [6, 6.07) is 8.19. The molecule has 0 spiro atoms. The highest BCUT2D eigenvalue weighted by Crippen LogP contribution is 2.12. The van der Waals surface area contributed by atoms with Crippen LogP contribution in [0.3, 0.4) is 0 Å². The quantitative estimate of drug-likeness (QED) is 0.715. The molecular weight excluding hydrogens is 242 g/mol. The molecule has 5 nitrogen and oxygen atoms in total. The molecule has 1 aromatic carbocycles. The first-order valence-electron chi connectivity index (χ1n) is 6.25. The van der Waals surface area contributed by atoms with E-state index in [1.807, 2.05) is 24.4 Å². The second kappa shape index (κ2) is 7.56. The minimum atomic E-state index is 0.600. The molecule has 0 saturated carbocycles. The molecule has 0 aliphatic heterocycles. The number of aromatic amines is 1. The summed E-state index contributed by atoms with van der Waals surface area (Å²) in [5, 5.41) is 3.34. The zero-order valence-corrected chi connectivity index (χ0v) is 11.1. The first-order valence-corrected chi connectivity index (χ1v) is 6.25. The Morgan fingerprint density at radius 2 is 2.26 bits per heavy atom. The van der Waals surface area contributed by atoms with Crippen molar-refractivity contribution in [2.24, 2.45) is 0 Å². The number of nitrogens with one attached hydrogen (secondary N) is 2. The minimum Gasteiger partial charge on any atom is -0.382 e. The van der Waals surface area contributed by atoms with Crippen molar-refractivity contribution in [2.45, 2.75) is 13.2 Å². The van der Waals surface area contributed by atoms with Crippen LogP contribution in [0.2, 0.25) is 0 Å². The molecule has 102 valence electrons. The molecule has 0 unspecified atom stereocenters. The molecule has 0 radical (unpaired) electrons. The van der Waals surface area contributed by atoms with Gasteiger partial charge >= 0.3 is 0 Å². The van der Waals surface area contributed by atoms with Gasteiger partial charge in [0, 0.05) is 19.0 Å². The fraction of sp³-hybridized carbons (Fsp3) is 0.357. The van der Waals surface area contributed by atoms with Crippen molar-refractivity contribution in [1.29, 1.82) is 0 Å². The number of hydrogen-bond donors (Lipinski definition) is 2. The number of imidazole rings is 1. The van der Waals surface area contributed by atoms with E-state index in [1.165, 1.54) is 0 Å². The van der Waals surface area contributed by atoms with Gasteiger partial charge in [-0.05, 0) is 17.7 Å². The fourth-order valence-electron chi connectivity index (χ4n) is 1.68. The molecule has 1 heterocycles. The van der Waals surface area contributed by atoms with Crippen LogP contribution in [0.25, 0.3) is 0 Å². The summed E-state index contributed by atoms with van der Waals surface area (Å²) >= 11 is 0. The highest BCUT2D eigenvalue weighted by atomic mass is 16.5. The molecular formula is C14H19N3O2. The molecule has 0 amide bonds. The van der Waals surface area contributed by atoms with E-state index >= 15 is 0 Å². The molecule has 2 N–H and O–H groups in total. The van der Waals surface area contributed by atoms with Gasteiger partial charge in [-0.15, -0.1) is 0 Å². The van der Waals surface area contributed by atoms with Gasteiger partial charge in [0.1, 0.15) is 0 Å². The van der Waals surface area contributed by atoms with Crippen LogP contribution in [0.1, 0.15) is 11.3 Å². The van der Waals surface area contributed by atoms with Gasteiger partial charge in [0.05, 0.1) is 38.4 Å². The minimum absolute atomic E-state index is 0.600. The van der Waals surface area contributed by atoms with E-state index < -0.39 is 0 Å². The third-order valence-electron chi connectivity index (χ3n) is 2.67. The Balaban J connectivity index is 1.81. The summed E-state index contributed by atoms with van der Waals surface area (Å²) < 4.78 is 10.4. The lowest BCUT2D eigenvalue weighted by atomic mass is 10.2. The molecule has 2 rings (SSSR count). The van der Waals surface area contributed by atoms with Gasteiger partial charge in [-0.25, -0.2) is 4.98 Å². The van der Waals surface area contributed by atoms with Gasteiger partial charge in [0.2, 0.25) is 0 Å². The van der Waals surface area contributed by atoms with Crippen molar-refractivity contribution in [2.75, 3.05) is 25.6 Å². The lowest BCUT2D eigenvalue weighted by molar-refractivity contribution is 0.0617. The number of nitrogens with zero attached hydrogens (tertiary/aromatic N) is 1. The number of hydrogen-bond acceptors (Lipinski definition) is 4. The summed E-state index contributed by atoms with van der Waals surface area (Å²) in [6.45, 7) is 2.57. The molecule has 0 aliphatic carbocycles. The predicted octanol–water partition coefficient (Wildman–Crippen LogP) is 2.18. The Hall–Kier alpha value is -1.85. The van der Waals surface area contributed by atoms with Crippen molar-refractivity contribution >= 4 is 5.69 Å². The maximum absolute atomic E-state index is 5.50.